The molecule has 1 aromatic carbocycles. The number of halogens is 2. The van der Waals surface area contributed by atoms with E-state index in [2.05, 4.69) is 31.6 Å². The average molecular weight is 486 g/mol. The Morgan fingerprint density at radius 2 is 2.05 bits per heavy atom. The third-order valence-electron chi connectivity index (χ3n) is 2.61. The van der Waals surface area contributed by atoms with Crippen molar-refractivity contribution in [2.75, 3.05) is 33.4 Å². The van der Waals surface area contributed by atoms with E-state index in [-0.39, 0.29) is 30.1 Å². The van der Waals surface area contributed by atoms with Crippen molar-refractivity contribution < 1.29 is 9.47 Å². The Balaban J connectivity index is 0.00000441. The highest BCUT2D eigenvalue weighted by atomic mass is 127. The molecule has 7 heteroatoms. The van der Waals surface area contributed by atoms with Crippen molar-refractivity contribution in [2.45, 2.75) is 20.0 Å². The number of nitrogens with zero attached hydrogens (tertiary/aromatic N) is 1. The van der Waals surface area contributed by atoms with Gasteiger partial charge < -0.3 is 20.1 Å². The van der Waals surface area contributed by atoms with E-state index < -0.39 is 0 Å². The van der Waals surface area contributed by atoms with Gasteiger partial charge in [0.05, 0.1) is 17.6 Å². The van der Waals surface area contributed by atoms with Crippen LogP contribution in [0.3, 0.4) is 0 Å². The van der Waals surface area contributed by atoms with Crippen molar-refractivity contribution in [1.82, 2.24) is 10.6 Å². The maximum absolute atomic E-state index is 5.87. The van der Waals surface area contributed by atoms with Crippen LogP contribution in [0.25, 0.3) is 0 Å². The zero-order valence-corrected chi connectivity index (χ0v) is 17.2. The quantitative estimate of drug-likeness (QED) is 0.257. The number of guanidine groups is 1. The van der Waals surface area contributed by atoms with Crippen LogP contribution in [0.4, 0.5) is 0 Å². The minimum atomic E-state index is -0.0124. The highest BCUT2D eigenvalue weighted by molar-refractivity contribution is 14.0. The fourth-order valence-electron chi connectivity index (χ4n) is 1.63. The van der Waals surface area contributed by atoms with Crippen LogP contribution in [0.2, 0.25) is 0 Å². The van der Waals surface area contributed by atoms with Crippen LogP contribution in [-0.4, -0.2) is 45.4 Å². The van der Waals surface area contributed by atoms with E-state index in [0.717, 1.165) is 29.3 Å². The summed E-state index contributed by atoms with van der Waals surface area (Å²) in [6.45, 7) is 6.80. The predicted molar refractivity (Wildman–Crippen MR) is 106 cm³/mol. The highest BCUT2D eigenvalue weighted by Gasteiger charge is 2.06. The summed E-state index contributed by atoms with van der Waals surface area (Å²) in [6.07, 6.45) is -0.0124. The molecule has 2 N–H and O–H groups in total. The summed E-state index contributed by atoms with van der Waals surface area (Å²) in [5.41, 5.74) is 0. The van der Waals surface area contributed by atoms with Gasteiger partial charge in [0.15, 0.2) is 5.96 Å². The number of rotatable bonds is 8. The Morgan fingerprint density at radius 1 is 1.32 bits per heavy atom. The van der Waals surface area contributed by atoms with Gasteiger partial charge in [-0.3, -0.25) is 0 Å². The van der Waals surface area contributed by atoms with Crippen LogP contribution >= 0.6 is 39.9 Å². The number of hydrogen-bond donors (Lipinski definition) is 2. The van der Waals surface area contributed by atoms with Gasteiger partial charge in [-0.05, 0) is 41.9 Å². The summed E-state index contributed by atoms with van der Waals surface area (Å²) >= 11 is 3.47. The van der Waals surface area contributed by atoms with Gasteiger partial charge in [-0.25, -0.2) is 4.99 Å². The van der Waals surface area contributed by atoms with Gasteiger partial charge in [0, 0.05) is 20.2 Å². The lowest BCUT2D eigenvalue weighted by Gasteiger charge is -2.15. The fraction of sp³-hybridized carbons (Fsp3) is 0.533. The smallest absolute Gasteiger partial charge is 0.191 e. The second kappa shape index (κ2) is 13.0. The molecule has 0 amide bonds. The Morgan fingerprint density at radius 3 is 2.68 bits per heavy atom. The van der Waals surface area contributed by atoms with Crippen LogP contribution in [0, 0.1) is 0 Å². The average Bonchev–Trinajstić information content (AvgIpc) is 2.47. The molecule has 0 aliphatic carbocycles. The summed E-state index contributed by atoms with van der Waals surface area (Å²) in [6, 6.07) is 7.81. The summed E-state index contributed by atoms with van der Waals surface area (Å²) < 4.78 is 11.8. The molecule has 1 unspecified atom stereocenters. The van der Waals surface area contributed by atoms with Crippen molar-refractivity contribution >= 4 is 45.9 Å². The van der Waals surface area contributed by atoms with E-state index in [0.29, 0.717) is 13.2 Å². The van der Waals surface area contributed by atoms with E-state index in [1.807, 2.05) is 38.1 Å². The first-order valence-electron chi connectivity index (χ1n) is 7.09. The molecule has 0 fully saturated rings. The van der Waals surface area contributed by atoms with Crippen molar-refractivity contribution in [1.29, 1.82) is 0 Å². The SMILES string of the molecule is CCNC(=NCC(C)Oc1ccccc1Br)NCCOC.I. The monoisotopic (exact) mass is 485 g/mol. The number of hydrogen-bond acceptors (Lipinski definition) is 3. The molecule has 0 bridgehead atoms. The van der Waals surface area contributed by atoms with Gasteiger partial charge in [-0.2, -0.15) is 0 Å². The van der Waals surface area contributed by atoms with Crippen molar-refractivity contribution in [3.05, 3.63) is 28.7 Å². The standard InChI is InChI=1S/C15H24BrN3O2.HI/c1-4-17-15(18-9-10-20-3)19-11-12(2)21-14-8-6-5-7-13(14)16;/h5-8,12H,4,9-11H2,1-3H3,(H2,17,18,19);1H. The Bertz CT molecular complexity index is 447. The Hall–Kier alpha value is -0.540. The summed E-state index contributed by atoms with van der Waals surface area (Å²) in [5, 5.41) is 6.39. The summed E-state index contributed by atoms with van der Waals surface area (Å²) in [7, 11) is 1.68. The summed E-state index contributed by atoms with van der Waals surface area (Å²) in [4.78, 5) is 4.51. The zero-order chi connectivity index (χ0) is 15.5. The molecule has 0 saturated carbocycles. The first-order valence-corrected chi connectivity index (χ1v) is 7.89. The normalized spacial score (nSPS) is 12.3. The summed E-state index contributed by atoms with van der Waals surface area (Å²) in [5.74, 6) is 1.61. The minimum absolute atomic E-state index is 0. The molecule has 0 heterocycles. The molecule has 1 aromatic rings. The van der Waals surface area contributed by atoms with Crippen LogP contribution < -0.4 is 15.4 Å². The molecule has 1 atom stereocenters. The molecule has 0 aromatic heterocycles. The number of aliphatic imine (C=N–C) groups is 1. The van der Waals surface area contributed by atoms with E-state index in [4.69, 9.17) is 9.47 Å². The van der Waals surface area contributed by atoms with Gasteiger partial charge >= 0.3 is 0 Å². The van der Waals surface area contributed by atoms with Crippen molar-refractivity contribution in [2.24, 2.45) is 4.99 Å². The lowest BCUT2D eigenvalue weighted by molar-refractivity contribution is 0.203. The Labute approximate surface area is 158 Å². The van der Waals surface area contributed by atoms with Crippen LogP contribution in [0.5, 0.6) is 5.75 Å². The molecule has 0 aliphatic heterocycles. The van der Waals surface area contributed by atoms with Crippen molar-refractivity contribution in [3.63, 3.8) is 0 Å². The lowest BCUT2D eigenvalue weighted by Crippen LogP contribution is -2.39. The number of para-hydroxylation sites is 1. The topological polar surface area (TPSA) is 54.9 Å². The van der Waals surface area contributed by atoms with Crippen LogP contribution in [0.1, 0.15) is 13.8 Å². The second-order valence-corrected chi connectivity index (χ2v) is 5.35. The number of nitrogens with one attached hydrogen (secondary N) is 2. The molecular formula is C15H25BrIN3O2. The number of methoxy groups -OCH3 is 1. The Kier molecular flexibility index (Phi) is 12.6. The number of ether oxygens (including phenoxy) is 2. The zero-order valence-electron chi connectivity index (χ0n) is 13.3. The van der Waals surface area contributed by atoms with Crippen molar-refractivity contribution in [3.8, 4) is 5.75 Å². The molecule has 0 spiro atoms. The van der Waals surface area contributed by atoms with Gasteiger partial charge in [0.2, 0.25) is 0 Å². The maximum atomic E-state index is 5.87. The molecule has 1 rings (SSSR count). The third-order valence-corrected chi connectivity index (χ3v) is 3.27. The molecule has 0 aliphatic rings. The molecular weight excluding hydrogens is 461 g/mol. The second-order valence-electron chi connectivity index (χ2n) is 4.50. The van der Waals surface area contributed by atoms with Gasteiger partial charge in [0.25, 0.3) is 0 Å². The van der Waals surface area contributed by atoms with Gasteiger partial charge in [-0.1, -0.05) is 12.1 Å². The molecule has 126 valence electrons. The molecule has 0 radical (unpaired) electrons. The third kappa shape index (κ3) is 8.79. The molecule has 5 nitrogen and oxygen atoms in total. The highest BCUT2D eigenvalue weighted by Crippen LogP contribution is 2.24. The predicted octanol–water partition coefficient (Wildman–Crippen LogP) is 3.04. The maximum Gasteiger partial charge on any atom is 0.191 e. The van der Waals surface area contributed by atoms with E-state index >= 15 is 0 Å². The largest absolute Gasteiger partial charge is 0.488 e. The van der Waals surface area contributed by atoms with E-state index in [1.54, 1.807) is 7.11 Å². The molecule has 22 heavy (non-hydrogen) atoms. The number of benzene rings is 1. The first-order chi connectivity index (χ1) is 10.2. The van der Waals surface area contributed by atoms with Gasteiger partial charge in [-0.15, -0.1) is 24.0 Å². The van der Waals surface area contributed by atoms with Gasteiger partial charge in [0.1, 0.15) is 11.9 Å². The van der Waals surface area contributed by atoms with Crippen LogP contribution in [0.15, 0.2) is 33.7 Å². The lowest BCUT2D eigenvalue weighted by atomic mass is 10.3. The molecule has 0 saturated heterocycles. The minimum Gasteiger partial charge on any atom is -0.488 e. The van der Waals surface area contributed by atoms with E-state index in [9.17, 15) is 0 Å². The first kappa shape index (κ1) is 21.5. The van der Waals surface area contributed by atoms with E-state index in [1.165, 1.54) is 0 Å². The van der Waals surface area contributed by atoms with Crippen LogP contribution in [-0.2, 0) is 4.74 Å². The fourth-order valence-corrected chi connectivity index (χ4v) is 2.01.